The first-order valence-corrected chi connectivity index (χ1v) is 10.0. The topological polar surface area (TPSA) is 37.4 Å². The lowest BCUT2D eigenvalue weighted by molar-refractivity contribution is 0.396. The van der Waals surface area contributed by atoms with E-state index < -0.39 is 10.0 Å². The van der Waals surface area contributed by atoms with E-state index in [0.717, 1.165) is 24.0 Å². The zero-order valence-corrected chi connectivity index (χ0v) is 15.4. The lowest BCUT2D eigenvalue weighted by Crippen LogP contribution is -2.30. The first kappa shape index (κ1) is 17.2. The second-order valence-electron chi connectivity index (χ2n) is 6.91. The van der Waals surface area contributed by atoms with Gasteiger partial charge in [-0.1, -0.05) is 55.8 Å². The zero-order valence-electron chi connectivity index (χ0n) is 14.6. The van der Waals surface area contributed by atoms with Gasteiger partial charge in [-0.15, -0.1) is 0 Å². The number of hydrogen-bond donors (Lipinski definition) is 0. The normalized spacial score (nSPS) is 19.1. The molecule has 0 aromatic heterocycles. The number of rotatable bonds is 4. The van der Waals surface area contributed by atoms with E-state index in [9.17, 15) is 8.42 Å². The van der Waals surface area contributed by atoms with Gasteiger partial charge in [-0.3, -0.25) is 0 Å². The largest absolute Gasteiger partial charge is 0.243 e. The third-order valence-electron chi connectivity index (χ3n) is 4.82. The summed E-state index contributed by atoms with van der Waals surface area (Å²) in [5, 5.41) is 0. The van der Waals surface area contributed by atoms with Gasteiger partial charge in [0.2, 0.25) is 10.0 Å². The molecular formula is C20H25NO2S. The molecular weight excluding hydrogens is 318 g/mol. The van der Waals surface area contributed by atoms with Gasteiger partial charge < -0.3 is 0 Å². The number of aryl methyl sites for hydroxylation is 1. The van der Waals surface area contributed by atoms with Gasteiger partial charge in [0.1, 0.15) is 0 Å². The molecule has 0 aliphatic carbocycles. The van der Waals surface area contributed by atoms with Gasteiger partial charge in [-0.2, -0.15) is 4.31 Å². The molecule has 1 heterocycles. The van der Waals surface area contributed by atoms with E-state index in [-0.39, 0.29) is 6.04 Å². The van der Waals surface area contributed by atoms with Crippen molar-refractivity contribution in [3.8, 4) is 0 Å². The van der Waals surface area contributed by atoms with Crippen molar-refractivity contribution in [3.63, 3.8) is 0 Å². The van der Waals surface area contributed by atoms with Crippen LogP contribution in [0.15, 0.2) is 53.4 Å². The SMILES string of the molecule is Cc1ccc([C@@H]2CCCN2S(=O)(=O)c2ccc(C(C)C)cc2)cc1. The minimum absolute atomic E-state index is 0.0552. The molecule has 0 bridgehead atoms. The van der Waals surface area contributed by atoms with Crippen LogP contribution in [0.2, 0.25) is 0 Å². The second-order valence-corrected chi connectivity index (χ2v) is 8.80. The maximum Gasteiger partial charge on any atom is 0.243 e. The highest BCUT2D eigenvalue weighted by atomic mass is 32.2. The minimum Gasteiger partial charge on any atom is -0.207 e. The standard InChI is InChI=1S/C20H25NO2S/c1-15(2)17-10-12-19(13-11-17)24(22,23)21-14-4-5-20(21)18-8-6-16(3)7-9-18/h6-13,15,20H,4-5,14H2,1-3H3/t20-/m0/s1. The van der Waals surface area contributed by atoms with Crippen LogP contribution in [0.25, 0.3) is 0 Å². The highest BCUT2D eigenvalue weighted by Crippen LogP contribution is 2.36. The maximum atomic E-state index is 13.1. The van der Waals surface area contributed by atoms with E-state index in [1.807, 2.05) is 19.1 Å². The summed E-state index contributed by atoms with van der Waals surface area (Å²) in [5.74, 6) is 0.397. The van der Waals surface area contributed by atoms with Crippen molar-refractivity contribution < 1.29 is 8.42 Å². The molecule has 2 aromatic rings. The molecule has 24 heavy (non-hydrogen) atoms. The summed E-state index contributed by atoms with van der Waals surface area (Å²) in [7, 11) is -3.46. The van der Waals surface area contributed by atoms with Gasteiger partial charge in [0.05, 0.1) is 10.9 Å². The Kier molecular flexibility index (Phi) is 4.79. The third kappa shape index (κ3) is 3.26. The van der Waals surface area contributed by atoms with Gasteiger partial charge in [0.15, 0.2) is 0 Å². The fraction of sp³-hybridized carbons (Fsp3) is 0.400. The minimum atomic E-state index is -3.46. The summed E-state index contributed by atoms with van der Waals surface area (Å²) >= 11 is 0. The predicted molar refractivity (Wildman–Crippen MR) is 97.6 cm³/mol. The maximum absolute atomic E-state index is 13.1. The number of sulfonamides is 1. The highest BCUT2D eigenvalue weighted by Gasteiger charge is 2.36. The molecule has 3 rings (SSSR count). The molecule has 0 saturated carbocycles. The Labute approximate surface area is 145 Å². The van der Waals surface area contributed by atoms with Crippen molar-refractivity contribution in [1.82, 2.24) is 4.31 Å². The van der Waals surface area contributed by atoms with E-state index in [1.165, 1.54) is 5.56 Å². The first-order valence-electron chi connectivity index (χ1n) is 8.58. The lowest BCUT2D eigenvalue weighted by atomic mass is 10.0. The molecule has 1 aliphatic rings. The highest BCUT2D eigenvalue weighted by molar-refractivity contribution is 7.89. The van der Waals surface area contributed by atoms with Crippen LogP contribution in [0.1, 0.15) is 55.3 Å². The Morgan fingerprint density at radius 2 is 1.62 bits per heavy atom. The van der Waals surface area contributed by atoms with Gasteiger partial charge in [0, 0.05) is 6.54 Å². The van der Waals surface area contributed by atoms with E-state index in [2.05, 4.69) is 38.1 Å². The van der Waals surface area contributed by atoms with E-state index in [0.29, 0.717) is 17.4 Å². The summed E-state index contributed by atoms with van der Waals surface area (Å²) < 4.78 is 27.9. The fourth-order valence-corrected chi connectivity index (χ4v) is 4.99. The van der Waals surface area contributed by atoms with Crippen LogP contribution in [0, 0.1) is 6.92 Å². The van der Waals surface area contributed by atoms with Crippen molar-refractivity contribution in [1.29, 1.82) is 0 Å². The summed E-state index contributed by atoms with van der Waals surface area (Å²) in [6.07, 6.45) is 1.79. The summed E-state index contributed by atoms with van der Waals surface area (Å²) in [4.78, 5) is 0.394. The van der Waals surface area contributed by atoms with Gasteiger partial charge >= 0.3 is 0 Å². The molecule has 2 aromatic carbocycles. The first-order chi connectivity index (χ1) is 11.4. The molecule has 3 nitrogen and oxygen atoms in total. The number of nitrogens with zero attached hydrogens (tertiary/aromatic N) is 1. The van der Waals surface area contributed by atoms with Crippen LogP contribution >= 0.6 is 0 Å². The Morgan fingerprint density at radius 1 is 1.00 bits per heavy atom. The van der Waals surface area contributed by atoms with Gasteiger partial charge in [0.25, 0.3) is 0 Å². The number of hydrogen-bond acceptors (Lipinski definition) is 2. The molecule has 4 heteroatoms. The monoisotopic (exact) mass is 343 g/mol. The Bertz CT molecular complexity index is 793. The molecule has 0 spiro atoms. The van der Waals surface area contributed by atoms with Crippen molar-refractivity contribution in [3.05, 3.63) is 65.2 Å². The van der Waals surface area contributed by atoms with Crippen LogP contribution in [-0.2, 0) is 10.0 Å². The molecule has 0 unspecified atom stereocenters. The van der Waals surface area contributed by atoms with Crippen molar-refractivity contribution in [2.24, 2.45) is 0 Å². The van der Waals surface area contributed by atoms with Crippen LogP contribution < -0.4 is 0 Å². The Morgan fingerprint density at radius 3 is 2.21 bits per heavy atom. The molecule has 1 saturated heterocycles. The lowest BCUT2D eigenvalue weighted by Gasteiger charge is -2.24. The summed E-state index contributed by atoms with van der Waals surface area (Å²) in [6, 6.07) is 15.5. The smallest absolute Gasteiger partial charge is 0.207 e. The second kappa shape index (κ2) is 6.69. The summed E-state index contributed by atoms with van der Waals surface area (Å²) in [6.45, 7) is 6.85. The molecule has 1 fully saturated rings. The molecule has 0 amide bonds. The molecule has 1 aliphatic heterocycles. The molecule has 0 N–H and O–H groups in total. The molecule has 1 atom stereocenters. The zero-order chi connectivity index (χ0) is 17.3. The van der Waals surface area contributed by atoms with E-state index in [4.69, 9.17) is 0 Å². The van der Waals surface area contributed by atoms with Crippen LogP contribution in [-0.4, -0.2) is 19.3 Å². The Hall–Kier alpha value is -1.65. The Balaban J connectivity index is 1.91. The van der Waals surface area contributed by atoms with E-state index in [1.54, 1.807) is 16.4 Å². The van der Waals surface area contributed by atoms with Crippen molar-refractivity contribution in [2.45, 2.75) is 50.5 Å². The molecule has 0 radical (unpaired) electrons. The average Bonchev–Trinajstić information content (AvgIpc) is 3.06. The van der Waals surface area contributed by atoms with Crippen molar-refractivity contribution in [2.75, 3.05) is 6.54 Å². The fourth-order valence-electron chi connectivity index (χ4n) is 3.31. The van der Waals surface area contributed by atoms with Gasteiger partial charge in [-0.25, -0.2) is 8.42 Å². The van der Waals surface area contributed by atoms with Crippen LogP contribution in [0.3, 0.4) is 0 Å². The van der Waals surface area contributed by atoms with Gasteiger partial charge in [-0.05, 0) is 48.9 Å². The summed E-state index contributed by atoms with van der Waals surface area (Å²) in [5.41, 5.74) is 3.43. The average molecular weight is 343 g/mol. The van der Waals surface area contributed by atoms with Crippen molar-refractivity contribution >= 4 is 10.0 Å². The quantitative estimate of drug-likeness (QED) is 0.811. The number of benzene rings is 2. The van der Waals surface area contributed by atoms with Crippen LogP contribution in [0.5, 0.6) is 0 Å². The third-order valence-corrected chi connectivity index (χ3v) is 6.74. The van der Waals surface area contributed by atoms with Crippen LogP contribution in [0.4, 0.5) is 0 Å². The predicted octanol–water partition coefficient (Wildman–Crippen LogP) is 4.64. The van der Waals surface area contributed by atoms with E-state index >= 15 is 0 Å². The molecule has 128 valence electrons.